The lowest BCUT2D eigenvalue weighted by Crippen LogP contribution is -2.51. The molecule has 340 valence electrons. The minimum Gasteiger partial charge on any atom is -0.480 e. The molecule has 24 heteroatoms. The van der Waals surface area contributed by atoms with E-state index in [1.54, 1.807) is 0 Å². The Labute approximate surface area is 350 Å². The first-order valence-electron chi connectivity index (χ1n) is 19.8. The summed E-state index contributed by atoms with van der Waals surface area (Å²) in [6, 6.07) is -5.14. The van der Waals surface area contributed by atoms with Gasteiger partial charge in [-0.3, -0.25) is 43.2 Å². The zero-order valence-electron chi connectivity index (χ0n) is 34.2. The van der Waals surface area contributed by atoms with Gasteiger partial charge in [0.25, 0.3) is 11.8 Å². The third kappa shape index (κ3) is 16.4. The van der Waals surface area contributed by atoms with Gasteiger partial charge in [0.15, 0.2) is 11.9 Å². The third-order valence-corrected chi connectivity index (χ3v) is 10.0. The summed E-state index contributed by atoms with van der Waals surface area (Å²) in [7, 11) is 0. The normalized spacial score (nSPS) is 22.3. The van der Waals surface area contributed by atoms with Crippen molar-refractivity contribution in [3.05, 3.63) is 0 Å². The Bertz CT molecular complexity index is 1710. The van der Waals surface area contributed by atoms with Crippen LogP contribution in [0.2, 0.25) is 0 Å². The number of rotatable bonds is 17. The van der Waals surface area contributed by atoms with Crippen molar-refractivity contribution < 1.29 is 77.6 Å². The molecule has 8 atom stereocenters. The summed E-state index contributed by atoms with van der Waals surface area (Å²) in [6.45, 7) is 4.97. The molecule has 0 aromatic rings. The molecule has 4 rings (SSSR count). The molecular formula is C37H56N8O16. The van der Waals surface area contributed by atoms with Gasteiger partial charge < -0.3 is 62.6 Å². The minimum atomic E-state index is -1.24. The molecule has 8 amide bonds. The van der Waals surface area contributed by atoms with Crippen molar-refractivity contribution in [3.63, 3.8) is 0 Å². The average Bonchev–Trinajstić information content (AvgIpc) is 4.02. The zero-order chi connectivity index (χ0) is 46.1. The van der Waals surface area contributed by atoms with E-state index in [-0.39, 0.29) is 56.1 Å². The number of esters is 1. The van der Waals surface area contributed by atoms with Gasteiger partial charge in [-0.05, 0) is 72.1 Å². The first-order chi connectivity index (χ1) is 28.5. The number of nitrogens with zero attached hydrogens (tertiary/aromatic N) is 2. The van der Waals surface area contributed by atoms with Crippen molar-refractivity contribution >= 4 is 70.9 Å². The number of nitrogens with two attached hydrogens (primary N) is 2. The third-order valence-electron chi connectivity index (χ3n) is 10.0. The largest absolute Gasteiger partial charge is 0.480 e. The van der Waals surface area contributed by atoms with E-state index in [4.69, 9.17) is 31.5 Å². The molecule has 0 aromatic carbocycles. The fraction of sp³-hybridized carbons (Fsp3) is 0.676. The number of likely N-dealkylation sites (tertiary alicyclic amines) is 2. The van der Waals surface area contributed by atoms with Crippen molar-refractivity contribution in [2.24, 2.45) is 11.5 Å². The number of nitrogens with one attached hydrogen (secondary N) is 4. The highest BCUT2D eigenvalue weighted by atomic mass is 16.5. The van der Waals surface area contributed by atoms with Crippen LogP contribution in [0.25, 0.3) is 0 Å². The van der Waals surface area contributed by atoms with Crippen LogP contribution in [0, 0.1) is 0 Å². The number of carboxylic acids is 2. The van der Waals surface area contributed by atoms with Gasteiger partial charge in [-0.2, -0.15) is 0 Å². The Balaban J connectivity index is 0.000000349. The maximum atomic E-state index is 12.6. The first-order valence-corrected chi connectivity index (χ1v) is 19.8. The molecule has 4 fully saturated rings. The van der Waals surface area contributed by atoms with E-state index in [1.165, 1.54) is 30.6 Å². The topological polar surface area (TPSA) is 381 Å². The second kappa shape index (κ2) is 24.2. The Kier molecular flexibility index (Phi) is 20.2. The molecule has 4 aliphatic heterocycles. The predicted octanol–water partition coefficient (Wildman–Crippen LogP) is -3.93. The standard InChI is InChI=1S/C19H28N4O7.C10H15N3O5.C8H13NO4/c1-10(24)14-4-3-9-23(14)18(28)11(2)30-19(29)13(5-7-15(20)25)22-17(27)12-6-8-16(26)21-12;11-7(14)3-1-6(10(17)18)13-9(16)5-2-4-8(15)12-5;1-5(10)7(11)9-4-2-3-6(9)8(12)13/h11-14H,3-9H2,1-2H3,(H2,20,25)(H,21,26)(H,22,27);5-6H,1-4H2,(H2,11,14)(H,12,15)(H,13,16)(H,17,18);5-6,10H,2-4H2,1H3,(H,12,13)/t11-,12?,13-,14?;5?,6-;5-,6?/m000/s1. The number of amides is 8. The van der Waals surface area contributed by atoms with Crippen molar-refractivity contribution in [1.29, 1.82) is 0 Å². The predicted molar refractivity (Wildman–Crippen MR) is 206 cm³/mol. The number of Topliss-reactive ketones (excluding diaryl/α,β-unsaturated/α-hetero) is 1. The number of hydrogen-bond donors (Lipinski definition) is 9. The molecule has 0 spiro atoms. The molecule has 11 N–H and O–H groups in total. The first kappa shape index (κ1) is 50.9. The van der Waals surface area contributed by atoms with E-state index < -0.39 is 102 Å². The van der Waals surface area contributed by atoms with Gasteiger partial charge in [-0.15, -0.1) is 0 Å². The van der Waals surface area contributed by atoms with Gasteiger partial charge in [-0.25, -0.2) is 14.4 Å². The molecule has 0 aliphatic carbocycles. The summed E-state index contributed by atoms with van der Waals surface area (Å²) in [5.41, 5.74) is 10.0. The van der Waals surface area contributed by atoms with Crippen LogP contribution in [0.5, 0.6) is 0 Å². The van der Waals surface area contributed by atoms with E-state index in [1.807, 2.05) is 0 Å². The number of primary amides is 2. The summed E-state index contributed by atoms with van der Waals surface area (Å²) >= 11 is 0. The lowest BCUT2D eigenvalue weighted by atomic mass is 10.1. The van der Waals surface area contributed by atoms with Crippen LogP contribution < -0.4 is 32.7 Å². The molecular weight excluding hydrogens is 812 g/mol. The summed E-state index contributed by atoms with van der Waals surface area (Å²) in [4.78, 5) is 140. The Morgan fingerprint density at radius 1 is 0.721 bits per heavy atom. The number of aliphatic hydroxyl groups is 1. The lowest BCUT2D eigenvalue weighted by molar-refractivity contribution is -0.162. The molecule has 0 aromatic heterocycles. The smallest absolute Gasteiger partial charge is 0.329 e. The van der Waals surface area contributed by atoms with E-state index in [0.717, 1.165) is 0 Å². The second-order valence-electron chi connectivity index (χ2n) is 14.9. The maximum Gasteiger partial charge on any atom is 0.329 e. The summed E-state index contributed by atoms with van der Waals surface area (Å²) in [5.74, 6) is -7.20. The number of carbonyl (C=O) groups excluding carboxylic acids is 10. The summed E-state index contributed by atoms with van der Waals surface area (Å²) < 4.78 is 5.24. The Morgan fingerprint density at radius 2 is 1.16 bits per heavy atom. The zero-order valence-corrected chi connectivity index (χ0v) is 34.2. The van der Waals surface area contributed by atoms with E-state index >= 15 is 0 Å². The number of carbonyl (C=O) groups is 12. The fourth-order valence-electron chi connectivity index (χ4n) is 6.77. The van der Waals surface area contributed by atoms with E-state index in [9.17, 15) is 57.5 Å². The quantitative estimate of drug-likeness (QED) is 0.0630. The van der Waals surface area contributed by atoms with E-state index in [2.05, 4.69) is 21.3 Å². The molecule has 0 radical (unpaired) electrons. The molecule has 4 heterocycles. The van der Waals surface area contributed by atoms with Gasteiger partial charge in [0.2, 0.25) is 35.4 Å². The van der Waals surface area contributed by atoms with Crippen molar-refractivity contribution in [3.8, 4) is 0 Å². The average molecular weight is 869 g/mol. The lowest BCUT2D eigenvalue weighted by Gasteiger charge is -2.27. The number of hydrogen-bond acceptors (Lipinski definition) is 14. The van der Waals surface area contributed by atoms with Gasteiger partial charge in [-0.1, -0.05) is 0 Å². The minimum absolute atomic E-state index is 0.0723. The molecule has 24 nitrogen and oxygen atoms in total. The number of aliphatic hydroxyl groups excluding tert-OH is 1. The Hall–Kier alpha value is -6.20. The van der Waals surface area contributed by atoms with Gasteiger partial charge in [0.05, 0.1) is 6.04 Å². The molecule has 4 aliphatic rings. The number of ether oxygens (including phenoxy) is 1. The molecule has 61 heavy (non-hydrogen) atoms. The monoisotopic (exact) mass is 868 g/mol. The number of aliphatic carboxylic acids is 2. The van der Waals surface area contributed by atoms with Crippen LogP contribution >= 0.6 is 0 Å². The molecule has 4 saturated heterocycles. The van der Waals surface area contributed by atoms with Crippen LogP contribution in [0.15, 0.2) is 0 Å². The molecule has 0 saturated carbocycles. The molecule has 4 unspecified atom stereocenters. The van der Waals surface area contributed by atoms with Crippen LogP contribution in [-0.4, -0.2) is 158 Å². The van der Waals surface area contributed by atoms with Gasteiger partial charge >= 0.3 is 17.9 Å². The summed E-state index contributed by atoms with van der Waals surface area (Å²) in [5, 5.41) is 36.3. The van der Waals surface area contributed by atoms with Crippen LogP contribution in [-0.2, 0) is 62.3 Å². The van der Waals surface area contributed by atoms with Crippen molar-refractivity contribution in [2.45, 2.75) is 146 Å². The number of ketones is 1. The van der Waals surface area contributed by atoms with Crippen LogP contribution in [0.4, 0.5) is 0 Å². The SMILES string of the molecule is CC(=O)C1CCCN1C(=O)[C@H](C)OC(=O)[C@H](CCC(N)=O)NC(=O)C1CCC(=O)N1.C[C@H](O)C(=O)N1CCCC1C(=O)O.NC(=O)CC[C@H](NC(=O)C1CCC(=O)N1)C(=O)O. The van der Waals surface area contributed by atoms with Crippen molar-refractivity contribution in [2.75, 3.05) is 13.1 Å². The maximum absolute atomic E-state index is 12.6. The highest BCUT2D eigenvalue weighted by Crippen LogP contribution is 2.21. The Morgan fingerprint density at radius 3 is 1.56 bits per heavy atom. The second-order valence-corrected chi connectivity index (χ2v) is 14.9. The van der Waals surface area contributed by atoms with Crippen molar-refractivity contribution in [1.82, 2.24) is 31.1 Å². The number of carboxylic acid groups (broad SMARTS) is 2. The summed E-state index contributed by atoms with van der Waals surface area (Å²) in [6.07, 6.45) is 0.716. The van der Waals surface area contributed by atoms with E-state index in [0.29, 0.717) is 51.6 Å². The van der Waals surface area contributed by atoms with Gasteiger partial charge in [0.1, 0.15) is 36.3 Å². The molecule has 0 bridgehead atoms. The van der Waals surface area contributed by atoms with Crippen LogP contribution in [0.1, 0.15) is 97.8 Å². The fourth-order valence-corrected chi connectivity index (χ4v) is 6.77. The van der Waals surface area contributed by atoms with Gasteiger partial charge in [0, 0.05) is 38.8 Å². The highest BCUT2D eigenvalue weighted by molar-refractivity contribution is 5.95. The van der Waals surface area contributed by atoms with Crippen LogP contribution in [0.3, 0.4) is 0 Å². The highest BCUT2D eigenvalue weighted by Gasteiger charge is 2.38.